The van der Waals surface area contributed by atoms with Crippen molar-refractivity contribution in [1.82, 2.24) is 0 Å². The third kappa shape index (κ3) is 4.03. The van der Waals surface area contributed by atoms with Gasteiger partial charge in [0.25, 0.3) is 0 Å². The summed E-state index contributed by atoms with van der Waals surface area (Å²) in [6.07, 6.45) is 3.32. The number of hydrogen-bond acceptors (Lipinski definition) is 1. The zero-order valence-electron chi connectivity index (χ0n) is 12.7. The number of rotatable bonds is 5. The molecule has 0 fully saturated rings. The SMILES string of the molecule is CCS(C)(OCCc1ccc(C)cc1)C(C)(C)C. The highest BCUT2D eigenvalue weighted by Crippen LogP contribution is 2.56. The fourth-order valence-electron chi connectivity index (χ4n) is 1.79. The van der Waals surface area contributed by atoms with Gasteiger partial charge in [-0.1, -0.05) is 57.5 Å². The Balaban J connectivity index is 2.52. The predicted molar refractivity (Wildman–Crippen MR) is 84.6 cm³/mol. The zero-order chi connectivity index (χ0) is 13.8. The molecular formula is C16H28OS. The first kappa shape index (κ1) is 15.6. The molecule has 0 aliphatic heterocycles. The Kier molecular flexibility index (Phi) is 5.30. The van der Waals surface area contributed by atoms with Crippen LogP contribution in [0.5, 0.6) is 0 Å². The summed E-state index contributed by atoms with van der Waals surface area (Å²) < 4.78 is 6.52. The largest absolute Gasteiger partial charge is 0.336 e. The zero-order valence-corrected chi connectivity index (χ0v) is 13.6. The first-order valence-electron chi connectivity index (χ1n) is 6.74. The van der Waals surface area contributed by atoms with Gasteiger partial charge in [0.1, 0.15) is 0 Å². The molecular weight excluding hydrogens is 240 g/mol. The van der Waals surface area contributed by atoms with E-state index in [1.54, 1.807) is 0 Å². The summed E-state index contributed by atoms with van der Waals surface area (Å²) in [5, 5.41) is 0. The minimum absolute atomic E-state index is 0.259. The normalized spacial score (nSPS) is 17.2. The van der Waals surface area contributed by atoms with Gasteiger partial charge < -0.3 is 4.18 Å². The number of hydrogen-bond donors (Lipinski definition) is 0. The molecule has 1 rings (SSSR count). The van der Waals surface area contributed by atoms with Crippen LogP contribution in [0.4, 0.5) is 0 Å². The predicted octanol–water partition coefficient (Wildman–Crippen LogP) is 4.72. The van der Waals surface area contributed by atoms with Gasteiger partial charge in [-0.2, -0.15) is 0 Å². The molecule has 0 amide bonds. The monoisotopic (exact) mass is 268 g/mol. The van der Waals surface area contributed by atoms with E-state index in [0.29, 0.717) is 0 Å². The highest BCUT2D eigenvalue weighted by atomic mass is 32.3. The lowest BCUT2D eigenvalue weighted by Gasteiger charge is -2.46. The summed E-state index contributed by atoms with van der Waals surface area (Å²) in [5.41, 5.74) is 2.69. The van der Waals surface area contributed by atoms with E-state index in [-0.39, 0.29) is 4.75 Å². The van der Waals surface area contributed by atoms with E-state index in [9.17, 15) is 0 Å². The molecule has 0 aliphatic carbocycles. The van der Waals surface area contributed by atoms with E-state index in [0.717, 1.165) is 18.8 Å². The van der Waals surface area contributed by atoms with Crippen molar-refractivity contribution in [2.45, 2.75) is 45.8 Å². The van der Waals surface area contributed by atoms with Gasteiger partial charge in [-0.05, 0) is 30.9 Å². The molecule has 18 heavy (non-hydrogen) atoms. The van der Waals surface area contributed by atoms with Gasteiger partial charge in [0.2, 0.25) is 0 Å². The molecule has 1 aromatic carbocycles. The van der Waals surface area contributed by atoms with E-state index >= 15 is 0 Å². The van der Waals surface area contributed by atoms with Crippen LogP contribution in [-0.2, 0) is 10.6 Å². The average Bonchev–Trinajstić information content (AvgIpc) is 2.30. The molecule has 1 nitrogen and oxygen atoms in total. The van der Waals surface area contributed by atoms with Crippen molar-refractivity contribution in [3.05, 3.63) is 35.4 Å². The molecule has 0 aromatic heterocycles. The Hall–Kier alpha value is -0.470. The first-order valence-corrected chi connectivity index (χ1v) is 8.87. The molecule has 0 aliphatic rings. The molecule has 0 heterocycles. The molecule has 1 atom stereocenters. The molecule has 0 saturated heterocycles. The Morgan fingerprint density at radius 1 is 1.11 bits per heavy atom. The molecule has 0 bridgehead atoms. The molecule has 1 unspecified atom stereocenters. The highest BCUT2D eigenvalue weighted by Gasteiger charge is 2.31. The van der Waals surface area contributed by atoms with E-state index in [1.165, 1.54) is 11.1 Å². The smallest absolute Gasteiger partial charge is 0.0632 e. The second kappa shape index (κ2) is 6.12. The van der Waals surface area contributed by atoms with E-state index < -0.39 is 10.3 Å². The van der Waals surface area contributed by atoms with Crippen molar-refractivity contribution >= 4 is 10.3 Å². The average molecular weight is 268 g/mol. The van der Waals surface area contributed by atoms with Crippen LogP contribution in [0.3, 0.4) is 0 Å². The second-order valence-corrected chi connectivity index (χ2v) is 10.0. The Bertz CT molecular complexity index is 364. The summed E-state index contributed by atoms with van der Waals surface area (Å²) in [6.45, 7) is 12.1. The van der Waals surface area contributed by atoms with E-state index in [2.05, 4.69) is 65.1 Å². The van der Waals surface area contributed by atoms with E-state index in [1.807, 2.05) is 0 Å². The summed E-state index contributed by atoms with van der Waals surface area (Å²) >= 11 is 0. The van der Waals surface area contributed by atoms with Gasteiger partial charge in [0.15, 0.2) is 0 Å². The van der Waals surface area contributed by atoms with Crippen LogP contribution in [-0.4, -0.2) is 23.4 Å². The van der Waals surface area contributed by atoms with Gasteiger partial charge in [-0.15, -0.1) is 10.3 Å². The minimum atomic E-state index is -0.971. The topological polar surface area (TPSA) is 9.23 Å². The van der Waals surface area contributed by atoms with Gasteiger partial charge in [0.05, 0.1) is 6.61 Å². The van der Waals surface area contributed by atoms with Crippen molar-refractivity contribution in [1.29, 1.82) is 0 Å². The standard InChI is InChI=1S/C16H28OS/c1-7-18(6,16(3,4)5)17-13-12-15-10-8-14(2)9-11-15/h8-11H,7,12-13H2,1-6H3. The Morgan fingerprint density at radius 3 is 2.11 bits per heavy atom. The summed E-state index contributed by atoms with van der Waals surface area (Å²) in [4.78, 5) is 0. The van der Waals surface area contributed by atoms with Crippen LogP contribution in [0.2, 0.25) is 0 Å². The molecule has 0 spiro atoms. The van der Waals surface area contributed by atoms with Crippen LogP contribution in [0.1, 0.15) is 38.8 Å². The quantitative estimate of drug-likeness (QED) is 0.750. The van der Waals surface area contributed by atoms with Crippen molar-refractivity contribution in [3.63, 3.8) is 0 Å². The number of aryl methyl sites for hydroxylation is 1. The van der Waals surface area contributed by atoms with Gasteiger partial charge >= 0.3 is 0 Å². The lowest BCUT2D eigenvalue weighted by molar-refractivity contribution is 0.352. The van der Waals surface area contributed by atoms with Crippen LogP contribution in [0.15, 0.2) is 24.3 Å². The van der Waals surface area contributed by atoms with Gasteiger partial charge in [-0.3, -0.25) is 0 Å². The molecule has 2 heteroatoms. The molecule has 1 aromatic rings. The summed E-state index contributed by atoms with van der Waals surface area (Å²) in [6, 6.07) is 8.75. The molecule has 0 radical (unpaired) electrons. The van der Waals surface area contributed by atoms with Crippen LogP contribution in [0, 0.1) is 6.92 Å². The molecule has 0 saturated carbocycles. The summed E-state index contributed by atoms with van der Waals surface area (Å²) in [5.74, 6) is 1.13. The Morgan fingerprint density at radius 2 is 1.67 bits per heavy atom. The lowest BCUT2D eigenvalue weighted by Crippen LogP contribution is -2.28. The maximum absolute atomic E-state index is 6.26. The minimum Gasteiger partial charge on any atom is -0.336 e. The van der Waals surface area contributed by atoms with Crippen LogP contribution >= 0.6 is 10.3 Å². The number of benzene rings is 1. The second-order valence-electron chi connectivity index (χ2n) is 5.96. The lowest BCUT2D eigenvalue weighted by atomic mass is 10.1. The van der Waals surface area contributed by atoms with Gasteiger partial charge in [0, 0.05) is 4.75 Å². The third-order valence-electron chi connectivity index (χ3n) is 3.70. The van der Waals surface area contributed by atoms with Crippen LogP contribution < -0.4 is 0 Å². The van der Waals surface area contributed by atoms with Crippen molar-refractivity contribution in [2.24, 2.45) is 0 Å². The fourth-order valence-corrected chi connectivity index (χ4v) is 3.63. The van der Waals surface area contributed by atoms with Crippen molar-refractivity contribution in [3.8, 4) is 0 Å². The molecule has 104 valence electrons. The van der Waals surface area contributed by atoms with Crippen molar-refractivity contribution < 1.29 is 4.18 Å². The first-order chi connectivity index (χ1) is 8.28. The maximum atomic E-state index is 6.26. The fraction of sp³-hybridized carbons (Fsp3) is 0.625. The van der Waals surface area contributed by atoms with Crippen LogP contribution in [0.25, 0.3) is 0 Å². The maximum Gasteiger partial charge on any atom is 0.0632 e. The van der Waals surface area contributed by atoms with Crippen molar-refractivity contribution in [2.75, 3.05) is 18.6 Å². The third-order valence-corrected chi connectivity index (χ3v) is 8.08. The Labute approximate surface area is 114 Å². The molecule has 0 N–H and O–H groups in total. The van der Waals surface area contributed by atoms with Gasteiger partial charge in [-0.25, -0.2) is 0 Å². The highest BCUT2D eigenvalue weighted by molar-refractivity contribution is 8.30. The van der Waals surface area contributed by atoms with E-state index in [4.69, 9.17) is 4.18 Å². The summed E-state index contributed by atoms with van der Waals surface area (Å²) in [7, 11) is -0.971.